The Bertz CT molecular complexity index is 412. The summed E-state index contributed by atoms with van der Waals surface area (Å²) in [5, 5.41) is 18.2. The number of pyridine rings is 1. The number of aryl methyl sites for hydroxylation is 1. The van der Waals surface area contributed by atoms with E-state index in [0.29, 0.717) is 16.2 Å². The summed E-state index contributed by atoms with van der Waals surface area (Å²) in [5.41, 5.74) is 1.54. The van der Waals surface area contributed by atoms with Crippen molar-refractivity contribution in [3.8, 4) is 12.1 Å². The van der Waals surface area contributed by atoms with Gasteiger partial charge in [0.1, 0.15) is 22.7 Å². The highest BCUT2D eigenvalue weighted by Crippen LogP contribution is 2.20. The highest BCUT2D eigenvalue weighted by molar-refractivity contribution is 7.98. The van der Waals surface area contributed by atoms with Crippen molar-refractivity contribution in [2.75, 3.05) is 6.26 Å². The zero-order valence-corrected chi connectivity index (χ0v) is 8.14. The van der Waals surface area contributed by atoms with E-state index in [1.807, 2.05) is 25.3 Å². The molecule has 0 saturated heterocycles. The third-order valence-corrected chi connectivity index (χ3v) is 2.22. The van der Waals surface area contributed by atoms with E-state index in [2.05, 4.69) is 4.98 Å². The molecule has 3 nitrogen and oxygen atoms in total. The van der Waals surface area contributed by atoms with Crippen LogP contribution in [0.15, 0.2) is 11.1 Å². The number of nitrogens with zero attached hydrogens (tertiary/aromatic N) is 3. The van der Waals surface area contributed by atoms with Crippen LogP contribution in [0.3, 0.4) is 0 Å². The monoisotopic (exact) mass is 189 g/mol. The average Bonchev–Trinajstić information content (AvgIpc) is 2.16. The molecule has 1 aromatic rings. The van der Waals surface area contributed by atoms with Gasteiger partial charge in [-0.25, -0.2) is 4.98 Å². The molecule has 0 spiro atoms. The van der Waals surface area contributed by atoms with Gasteiger partial charge in [0.15, 0.2) is 0 Å². The maximum Gasteiger partial charge on any atom is 0.115 e. The molecule has 0 fully saturated rings. The molecule has 0 amide bonds. The summed E-state index contributed by atoms with van der Waals surface area (Å²) >= 11 is 1.38. The Morgan fingerprint density at radius 2 is 2.08 bits per heavy atom. The van der Waals surface area contributed by atoms with Gasteiger partial charge in [0.2, 0.25) is 0 Å². The van der Waals surface area contributed by atoms with Gasteiger partial charge in [-0.2, -0.15) is 10.5 Å². The van der Waals surface area contributed by atoms with Crippen molar-refractivity contribution in [3.63, 3.8) is 0 Å². The van der Waals surface area contributed by atoms with Crippen LogP contribution in [0.1, 0.15) is 16.8 Å². The molecular weight excluding hydrogens is 182 g/mol. The molecule has 0 N–H and O–H groups in total. The molecule has 0 radical (unpaired) electrons. The fourth-order valence-electron chi connectivity index (χ4n) is 0.989. The summed E-state index contributed by atoms with van der Waals surface area (Å²) in [5.74, 6) is 0. The second kappa shape index (κ2) is 3.93. The van der Waals surface area contributed by atoms with E-state index in [1.165, 1.54) is 11.8 Å². The molecule has 0 aliphatic rings. The van der Waals surface area contributed by atoms with E-state index in [4.69, 9.17) is 10.5 Å². The van der Waals surface area contributed by atoms with Crippen molar-refractivity contribution in [1.29, 1.82) is 10.5 Å². The van der Waals surface area contributed by atoms with E-state index in [1.54, 1.807) is 6.07 Å². The van der Waals surface area contributed by atoms with Gasteiger partial charge in [-0.1, -0.05) is 0 Å². The maximum atomic E-state index is 8.80. The summed E-state index contributed by atoms with van der Waals surface area (Å²) in [7, 11) is 0. The van der Waals surface area contributed by atoms with Crippen molar-refractivity contribution < 1.29 is 0 Å². The Balaban J connectivity index is 3.47. The first-order valence-electron chi connectivity index (χ1n) is 3.58. The van der Waals surface area contributed by atoms with Crippen LogP contribution in [-0.4, -0.2) is 11.2 Å². The molecule has 0 atom stereocenters. The summed E-state index contributed by atoms with van der Waals surface area (Å²) in [6, 6.07) is 5.60. The summed E-state index contributed by atoms with van der Waals surface area (Å²) in [6.07, 6.45) is 1.84. The maximum absolute atomic E-state index is 8.80. The van der Waals surface area contributed by atoms with Gasteiger partial charge in [-0.15, -0.1) is 11.8 Å². The number of rotatable bonds is 1. The van der Waals surface area contributed by atoms with Gasteiger partial charge in [-0.3, -0.25) is 0 Å². The van der Waals surface area contributed by atoms with Gasteiger partial charge < -0.3 is 0 Å². The third kappa shape index (κ3) is 1.80. The van der Waals surface area contributed by atoms with Crippen molar-refractivity contribution in [2.24, 2.45) is 0 Å². The van der Waals surface area contributed by atoms with Crippen LogP contribution in [0.5, 0.6) is 0 Å². The molecule has 0 unspecified atom stereocenters. The lowest BCUT2D eigenvalue weighted by molar-refractivity contribution is 1.04. The number of nitriles is 2. The standard InChI is InChI=1S/C9H7N3S/c1-6-3-7(4-10)8(5-11)9(12-6)13-2/h3H,1-2H3. The summed E-state index contributed by atoms with van der Waals surface area (Å²) in [6.45, 7) is 1.81. The van der Waals surface area contributed by atoms with Crippen LogP contribution < -0.4 is 0 Å². The van der Waals surface area contributed by atoms with Gasteiger partial charge in [-0.05, 0) is 19.2 Å². The van der Waals surface area contributed by atoms with Crippen molar-refractivity contribution >= 4 is 11.8 Å². The number of hydrogen-bond donors (Lipinski definition) is 0. The van der Waals surface area contributed by atoms with E-state index in [0.717, 1.165) is 5.69 Å². The van der Waals surface area contributed by atoms with Crippen LogP contribution in [-0.2, 0) is 0 Å². The molecule has 1 rings (SSSR count). The van der Waals surface area contributed by atoms with Crippen molar-refractivity contribution in [1.82, 2.24) is 4.98 Å². The molecule has 0 aliphatic carbocycles. The van der Waals surface area contributed by atoms with Gasteiger partial charge in [0, 0.05) is 5.69 Å². The first-order chi connectivity index (χ1) is 6.22. The van der Waals surface area contributed by atoms with Gasteiger partial charge in [0.05, 0.1) is 5.56 Å². The highest BCUT2D eigenvalue weighted by atomic mass is 32.2. The van der Waals surface area contributed by atoms with E-state index >= 15 is 0 Å². The second-order valence-corrected chi connectivity index (χ2v) is 3.21. The number of hydrogen-bond acceptors (Lipinski definition) is 4. The second-order valence-electron chi connectivity index (χ2n) is 2.42. The third-order valence-electron chi connectivity index (χ3n) is 1.54. The zero-order chi connectivity index (χ0) is 9.84. The molecule has 1 aromatic heterocycles. The molecule has 1 heterocycles. The van der Waals surface area contributed by atoms with Crippen LogP contribution >= 0.6 is 11.8 Å². The van der Waals surface area contributed by atoms with E-state index < -0.39 is 0 Å². The highest BCUT2D eigenvalue weighted by Gasteiger charge is 2.09. The van der Waals surface area contributed by atoms with Crippen molar-refractivity contribution in [2.45, 2.75) is 11.9 Å². The molecule has 0 saturated carbocycles. The van der Waals surface area contributed by atoms with Gasteiger partial charge >= 0.3 is 0 Å². The molecule has 0 aromatic carbocycles. The Morgan fingerprint density at radius 3 is 2.54 bits per heavy atom. The average molecular weight is 189 g/mol. The number of thioether (sulfide) groups is 1. The van der Waals surface area contributed by atoms with Crippen LogP contribution in [0.4, 0.5) is 0 Å². The summed E-state index contributed by atoms with van der Waals surface area (Å²) in [4.78, 5) is 4.16. The molecule has 0 aliphatic heterocycles. The predicted octanol–water partition coefficient (Wildman–Crippen LogP) is 1.86. The predicted molar refractivity (Wildman–Crippen MR) is 50.2 cm³/mol. The number of aromatic nitrogens is 1. The Kier molecular flexibility index (Phi) is 2.89. The fourth-order valence-corrected chi connectivity index (χ4v) is 1.58. The quantitative estimate of drug-likeness (QED) is 0.632. The van der Waals surface area contributed by atoms with Crippen molar-refractivity contribution in [3.05, 3.63) is 22.9 Å². The molecule has 64 valence electrons. The molecular formula is C9H7N3S. The fraction of sp³-hybridized carbons (Fsp3) is 0.222. The molecule has 13 heavy (non-hydrogen) atoms. The lowest BCUT2D eigenvalue weighted by atomic mass is 10.1. The van der Waals surface area contributed by atoms with E-state index in [9.17, 15) is 0 Å². The van der Waals surface area contributed by atoms with Gasteiger partial charge in [0.25, 0.3) is 0 Å². The minimum absolute atomic E-state index is 0.376. The largest absolute Gasteiger partial charge is 0.245 e. The van der Waals surface area contributed by atoms with Crippen LogP contribution in [0, 0.1) is 29.6 Å². The molecule has 4 heteroatoms. The van der Waals surface area contributed by atoms with Crippen LogP contribution in [0.25, 0.3) is 0 Å². The Morgan fingerprint density at radius 1 is 1.38 bits per heavy atom. The van der Waals surface area contributed by atoms with E-state index in [-0.39, 0.29) is 0 Å². The molecule has 0 bridgehead atoms. The topological polar surface area (TPSA) is 60.5 Å². The minimum Gasteiger partial charge on any atom is -0.245 e. The Hall–Kier alpha value is -1.52. The lowest BCUT2D eigenvalue weighted by Crippen LogP contribution is -1.94. The zero-order valence-electron chi connectivity index (χ0n) is 7.33. The smallest absolute Gasteiger partial charge is 0.115 e. The normalized spacial score (nSPS) is 8.92. The Labute approximate surface area is 81.0 Å². The SMILES string of the molecule is CSc1nc(C)cc(C#N)c1C#N. The summed E-state index contributed by atoms with van der Waals surface area (Å²) < 4.78 is 0. The first kappa shape index (κ1) is 9.57. The van der Waals surface area contributed by atoms with Crippen LogP contribution in [0.2, 0.25) is 0 Å². The lowest BCUT2D eigenvalue weighted by Gasteiger charge is -2.02. The first-order valence-corrected chi connectivity index (χ1v) is 4.81. The minimum atomic E-state index is 0.376.